The van der Waals surface area contributed by atoms with E-state index in [9.17, 15) is 4.79 Å². The Bertz CT molecular complexity index is 290. The maximum atomic E-state index is 11.2. The topological polar surface area (TPSA) is 48.0 Å². The lowest BCUT2D eigenvalue weighted by molar-refractivity contribution is 0.656. The zero-order chi connectivity index (χ0) is 8.27. The molecule has 0 saturated carbocycles. The Balaban J connectivity index is 3.07. The molecule has 0 atom stereocenters. The largest absolute Gasteiger partial charge is 0.394 e. The minimum absolute atomic E-state index is 0.0886. The summed E-state index contributed by atoms with van der Waals surface area (Å²) in [6.07, 6.45) is 2.70. The maximum absolute atomic E-state index is 11.2. The average Bonchev–Trinajstić information content (AvgIpc) is 1.99. The number of pyridine rings is 1. The molecule has 0 aliphatic rings. The van der Waals surface area contributed by atoms with Crippen LogP contribution in [0.4, 0.5) is 5.69 Å². The van der Waals surface area contributed by atoms with Crippen molar-refractivity contribution in [1.82, 2.24) is 4.57 Å². The number of nitrogen functional groups attached to an aromatic ring is 1. The first-order chi connectivity index (χ1) is 5.25. The van der Waals surface area contributed by atoms with Crippen LogP contribution in [-0.4, -0.2) is 4.57 Å². The van der Waals surface area contributed by atoms with Crippen LogP contribution in [0, 0.1) is 0 Å². The van der Waals surface area contributed by atoms with Crippen LogP contribution < -0.4 is 11.3 Å². The smallest absolute Gasteiger partial charge is 0.273 e. The van der Waals surface area contributed by atoms with Crippen molar-refractivity contribution in [3.05, 3.63) is 28.7 Å². The second-order valence-corrected chi connectivity index (χ2v) is 2.46. The monoisotopic (exact) mass is 152 g/mol. The number of hydrogen-bond acceptors (Lipinski definition) is 2. The quantitative estimate of drug-likeness (QED) is 0.682. The van der Waals surface area contributed by atoms with Crippen LogP contribution in [0.25, 0.3) is 0 Å². The summed E-state index contributed by atoms with van der Waals surface area (Å²) in [5.74, 6) is 0. The minimum atomic E-state index is -0.0886. The molecule has 0 unspecified atom stereocenters. The van der Waals surface area contributed by atoms with Crippen LogP contribution in [-0.2, 0) is 6.54 Å². The van der Waals surface area contributed by atoms with Gasteiger partial charge in [-0.1, -0.05) is 6.92 Å². The summed E-state index contributed by atoms with van der Waals surface area (Å²) in [6.45, 7) is 2.76. The number of aromatic nitrogens is 1. The van der Waals surface area contributed by atoms with E-state index in [1.54, 1.807) is 22.9 Å². The van der Waals surface area contributed by atoms with Gasteiger partial charge in [0.2, 0.25) is 0 Å². The summed E-state index contributed by atoms with van der Waals surface area (Å²) >= 11 is 0. The molecular formula is C8H12N2O. The van der Waals surface area contributed by atoms with Crippen LogP contribution in [0.2, 0.25) is 0 Å². The van der Waals surface area contributed by atoms with E-state index >= 15 is 0 Å². The Hall–Kier alpha value is -1.25. The van der Waals surface area contributed by atoms with Gasteiger partial charge in [0.05, 0.1) is 5.69 Å². The number of aryl methyl sites for hydroxylation is 1. The number of rotatable bonds is 2. The lowest BCUT2D eigenvalue weighted by Crippen LogP contribution is -2.21. The van der Waals surface area contributed by atoms with Gasteiger partial charge in [-0.3, -0.25) is 4.79 Å². The number of anilines is 1. The van der Waals surface area contributed by atoms with Crippen LogP contribution in [0.1, 0.15) is 13.3 Å². The van der Waals surface area contributed by atoms with E-state index in [0.29, 0.717) is 5.69 Å². The van der Waals surface area contributed by atoms with Gasteiger partial charge in [0.25, 0.3) is 5.56 Å². The number of hydrogen-bond donors (Lipinski definition) is 1. The third-order valence-electron chi connectivity index (χ3n) is 1.51. The van der Waals surface area contributed by atoms with Crippen molar-refractivity contribution in [2.45, 2.75) is 19.9 Å². The summed E-state index contributed by atoms with van der Waals surface area (Å²) in [5.41, 5.74) is 5.65. The average molecular weight is 152 g/mol. The lowest BCUT2D eigenvalue weighted by atomic mass is 10.4. The first kappa shape index (κ1) is 7.85. The fraction of sp³-hybridized carbons (Fsp3) is 0.375. The predicted molar refractivity (Wildman–Crippen MR) is 45.4 cm³/mol. The van der Waals surface area contributed by atoms with Crippen molar-refractivity contribution in [3.63, 3.8) is 0 Å². The van der Waals surface area contributed by atoms with E-state index in [-0.39, 0.29) is 5.56 Å². The molecule has 2 N–H and O–H groups in total. The van der Waals surface area contributed by atoms with Crippen LogP contribution in [0.5, 0.6) is 0 Å². The molecular weight excluding hydrogens is 140 g/mol. The second kappa shape index (κ2) is 3.23. The van der Waals surface area contributed by atoms with Crippen molar-refractivity contribution < 1.29 is 0 Å². The van der Waals surface area contributed by atoms with Gasteiger partial charge in [-0.05, 0) is 18.6 Å². The van der Waals surface area contributed by atoms with Crippen LogP contribution in [0.15, 0.2) is 23.1 Å². The minimum Gasteiger partial charge on any atom is -0.394 e. The molecule has 1 rings (SSSR count). The highest BCUT2D eigenvalue weighted by atomic mass is 16.1. The van der Waals surface area contributed by atoms with Crippen LogP contribution in [0.3, 0.4) is 0 Å². The molecule has 3 heteroatoms. The molecule has 0 fully saturated rings. The first-order valence-electron chi connectivity index (χ1n) is 3.70. The van der Waals surface area contributed by atoms with Crippen molar-refractivity contribution in [1.29, 1.82) is 0 Å². The molecule has 0 radical (unpaired) electrons. The highest BCUT2D eigenvalue weighted by Crippen LogP contribution is 1.92. The summed E-state index contributed by atoms with van der Waals surface area (Å²) < 4.78 is 1.62. The zero-order valence-electron chi connectivity index (χ0n) is 6.58. The fourth-order valence-corrected chi connectivity index (χ4v) is 0.972. The first-order valence-corrected chi connectivity index (χ1v) is 3.70. The molecule has 1 heterocycles. The Kier molecular flexibility index (Phi) is 2.31. The Morgan fingerprint density at radius 3 is 3.00 bits per heavy atom. The van der Waals surface area contributed by atoms with E-state index in [2.05, 4.69) is 0 Å². The van der Waals surface area contributed by atoms with Gasteiger partial charge >= 0.3 is 0 Å². The highest BCUT2D eigenvalue weighted by molar-refractivity contribution is 5.33. The molecule has 0 bridgehead atoms. The van der Waals surface area contributed by atoms with E-state index in [1.807, 2.05) is 6.92 Å². The van der Waals surface area contributed by atoms with Gasteiger partial charge in [0.1, 0.15) is 0 Å². The molecule has 0 saturated heterocycles. The Labute approximate surface area is 65.5 Å². The van der Waals surface area contributed by atoms with Crippen molar-refractivity contribution in [2.24, 2.45) is 0 Å². The molecule has 3 nitrogen and oxygen atoms in total. The third-order valence-corrected chi connectivity index (χ3v) is 1.51. The highest BCUT2D eigenvalue weighted by Gasteiger charge is 1.95. The van der Waals surface area contributed by atoms with E-state index in [4.69, 9.17) is 5.73 Å². The predicted octanol–water partition coefficient (Wildman–Crippen LogP) is 0.841. The molecule has 0 amide bonds. The molecule has 0 aliphatic heterocycles. The number of nitrogens with zero attached hydrogens (tertiary/aromatic N) is 1. The Morgan fingerprint density at radius 1 is 1.64 bits per heavy atom. The van der Waals surface area contributed by atoms with E-state index < -0.39 is 0 Å². The molecule has 11 heavy (non-hydrogen) atoms. The third kappa shape index (κ3) is 1.61. The maximum Gasteiger partial charge on any atom is 0.273 e. The summed E-state index contributed by atoms with van der Waals surface area (Å²) in [7, 11) is 0. The fourth-order valence-electron chi connectivity index (χ4n) is 0.972. The standard InChI is InChI=1S/C8H12N2O/c1-2-5-10-6-3-4-7(9)8(10)11/h3-4,6H,2,5,9H2,1H3. The van der Waals surface area contributed by atoms with Gasteiger partial charge in [-0.25, -0.2) is 0 Å². The molecule has 60 valence electrons. The van der Waals surface area contributed by atoms with Gasteiger partial charge in [-0.2, -0.15) is 0 Å². The summed E-state index contributed by atoms with van der Waals surface area (Å²) in [4.78, 5) is 11.2. The van der Waals surface area contributed by atoms with Crippen molar-refractivity contribution in [3.8, 4) is 0 Å². The molecule has 1 aromatic rings. The zero-order valence-corrected chi connectivity index (χ0v) is 6.58. The van der Waals surface area contributed by atoms with Gasteiger partial charge < -0.3 is 10.3 Å². The summed E-state index contributed by atoms with van der Waals surface area (Å²) in [5, 5.41) is 0. The molecule has 0 spiro atoms. The molecule has 1 aromatic heterocycles. The van der Waals surface area contributed by atoms with Gasteiger partial charge in [-0.15, -0.1) is 0 Å². The lowest BCUT2D eigenvalue weighted by Gasteiger charge is -2.02. The second-order valence-electron chi connectivity index (χ2n) is 2.46. The van der Waals surface area contributed by atoms with Crippen molar-refractivity contribution in [2.75, 3.05) is 5.73 Å². The SMILES string of the molecule is CCCn1cccc(N)c1=O. The van der Waals surface area contributed by atoms with Gasteiger partial charge in [0.15, 0.2) is 0 Å². The molecule has 0 aliphatic carbocycles. The molecule has 0 aromatic carbocycles. The van der Waals surface area contributed by atoms with E-state index in [0.717, 1.165) is 13.0 Å². The Morgan fingerprint density at radius 2 is 2.36 bits per heavy atom. The number of nitrogens with two attached hydrogens (primary N) is 1. The van der Waals surface area contributed by atoms with Crippen LogP contribution >= 0.6 is 0 Å². The van der Waals surface area contributed by atoms with Gasteiger partial charge in [0, 0.05) is 12.7 Å². The van der Waals surface area contributed by atoms with Crippen molar-refractivity contribution >= 4 is 5.69 Å². The summed E-state index contributed by atoms with van der Waals surface area (Å²) in [6, 6.07) is 3.40. The normalized spacial score (nSPS) is 9.91. The van der Waals surface area contributed by atoms with E-state index in [1.165, 1.54) is 0 Å².